The van der Waals surface area contributed by atoms with Crippen molar-refractivity contribution in [3.05, 3.63) is 11.1 Å². The van der Waals surface area contributed by atoms with E-state index in [-0.39, 0.29) is 0 Å². The van der Waals surface area contributed by atoms with Crippen molar-refractivity contribution in [2.24, 2.45) is 5.92 Å². The largest absolute Gasteiger partial charge is 0.389 e. The van der Waals surface area contributed by atoms with Crippen LogP contribution in [0, 0.1) is 5.92 Å². The second kappa shape index (κ2) is 6.44. The third-order valence-corrected chi connectivity index (χ3v) is 2.32. The van der Waals surface area contributed by atoms with Crippen LogP contribution in [0.2, 0.25) is 0 Å². The molecule has 0 spiro atoms. The Kier molecular flexibility index (Phi) is 6.41. The van der Waals surface area contributed by atoms with Crippen LogP contribution in [0.15, 0.2) is 11.1 Å². The van der Waals surface area contributed by atoms with Gasteiger partial charge in [0.15, 0.2) is 0 Å². The number of hydrogen-bond donors (Lipinski definition) is 2. The molecule has 2 nitrogen and oxygen atoms in total. The van der Waals surface area contributed by atoms with Gasteiger partial charge in [0.1, 0.15) is 0 Å². The number of aliphatic hydroxyl groups is 1. The molecule has 0 amide bonds. The highest BCUT2D eigenvalue weighted by Crippen LogP contribution is 2.14. The van der Waals surface area contributed by atoms with Crippen LogP contribution in [0.1, 0.15) is 34.1 Å². The summed E-state index contributed by atoms with van der Waals surface area (Å²) in [4.78, 5) is 0. The molecule has 0 fully saturated rings. The van der Waals surface area contributed by atoms with Gasteiger partial charge in [0, 0.05) is 18.6 Å². The molecule has 0 aliphatic carbocycles. The molecular formula is C11H22ClNO. The summed E-state index contributed by atoms with van der Waals surface area (Å²) in [6.07, 6.45) is 0.809. The van der Waals surface area contributed by atoms with E-state index in [1.165, 1.54) is 0 Å². The fourth-order valence-electron chi connectivity index (χ4n) is 1.52. The Balaban J connectivity index is 3.76. The van der Waals surface area contributed by atoms with Crippen LogP contribution in [-0.2, 0) is 0 Å². The van der Waals surface area contributed by atoms with Crippen LogP contribution < -0.4 is 5.32 Å². The molecule has 0 aromatic carbocycles. The number of rotatable bonds is 6. The Morgan fingerprint density at radius 2 is 2.14 bits per heavy atom. The van der Waals surface area contributed by atoms with Crippen molar-refractivity contribution < 1.29 is 5.11 Å². The summed E-state index contributed by atoms with van der Waals surface area (Å²) in [5, 5.41) is 13.1. The molecule has 0 heterocycles. The van der Waals surface area contributed by atoms with E-state index < -0.39 is 5.60 Å². The van der Waals surface area contributed by atoms with Crippen molar-refractivity contribution in [2.75, 3.05) is 13.1 Å². The van der Waals surface area contributed by atoms with Gasteiger partial charge in [-0.1, -0.05) is 25.4 Å². The molecule has 14 heavy (non-hydrogen) atoms. The molecule has 0 aliphatic rings. The molecule has 84 valence electrons. The Morgan fingerprint density at radius 1 is 1.57 bits per heavy atom. The zero-order valence-corrected chi connectivity index (χ0v) is 10.4. The van der Waals surface area contributed by atoms with Crippen molar-refractivity contribution in [3.8, 4) is 0 Å². The number of halogens is 1. The number of nitrogens with one attached hydrogen (secondary N) is 1. The lowest BCUT2D eigenvalue weighted by molar-refractivity contribution is 0.0394. The average Bonchev–Trinajstić information content (AvgIpc) is 2.01. The summed E-state index contributed by atoms with van der Waals surface area (Å²) >= 11 is 5.52. The van der Waals surface area contributed by atoms with Crippen molar-refractivity contribution in [2.45, 2.75) is 39.7 Å². The molecule has 0 aromatic rings. The molecular weight excluding hydrogens is 198 g/mol. The summed E-state index contributed by atoms with van der Waals surface area (Å²) in [6.45, 7) is 9.37. The SMILES string of the molecule is CC(=CCl)CNCC(C)(O)CC(C)C. The summed E-state index contributed by atoms with van der Waals surface area (Å²) < 4.78 is 0. The number of hydrogen-bond acceptors (Lipinski definition) is 2. The predicted molar refractivity (Wildman–Crippen MR) is 62.6 cm³/mol. The first-order valence-electron chi connectivity index (χ1n) is 5.06. The van der Waals surface area contributed by atoms with Crippen LogP contribution in [0.5, 0.6) is 0 Å². The lowest BCUT2D eigenvalue weighted by Gasteiger charge is -2.25. The van der Waals surface area contributed by atoms with Crippen LogP contribution in [-0.4, -0.2) is 23.8 Å². The van der Waals surface area contributed by atoms with E-state index in [9.17, 15) is 5.11 Å². The van der Waals surface area contributed by atoms with Gasteiger partial charge in [-0.3, -0.25) is 0 Å². The minimum Gasteiger partial charge on any atom is -0.389 e. The molecule has 0 saturated heterocycles. The molecule has 0 rings (SSSR count). The van der Waals surface area contributed by atoms with Gasteiger partial charge in [-0.25, -0.2) is 0 Å². The fourth-order valence-corrected chi connectivity index (χ4v) is 1.60. The first-order valence-corrected chi connectivity index (χ1v) is 5.50. The summed E-state index contributed by atoms with van der Waals surface area (Å²) in [5.74, 6) is 0.511. The fraction of sp³-hybridized carbons (Fsp3) is 0.818. The Bertz CT molecular complexity index is 188. The minimum absolute atomic E-state index is 0.511. The van der Waals surface area contributed by atoms with Gasteiger partial charge in [0.05, 0.1) is 5.60 Å². The summed E-state index contributed by atoms with van der Waals surface area (Å²) in [7, 11) is 0. The van der Waals surface area contributed by atoms with Crippen molar-refractivity contribution in [1.82, 2.24) is 5.32 Å². The van der Waals surface area contributed by atoms with Crippen molar-refractivity contribution in [1.29, 1.82) is 0 Å². The highest BCUT2D eigenvalue weighted by atomic mass is 35.5. The van der Waals surface area contributed by atoms with E-state index in [1.807, 2.05) is 13.8 Å². The van der Waals surface area contributed by atoms with Crippen LogP contribution in [0.3, 0.4) is 0 Å². The lowest BCUT2D eigenvalue weighted by atomic mass is 9.94. The third kappa shape index (κ3) is 7.36. The molecule has 0 aliphatic heterocycles. The third-order valence-electron chi connectivity index (χ3n) is 1.94. The van der Waals surface area contributed by atoms with Crippen LogP contribution in [0.4, 0.5) is 0 Å². The van der Waals surface area contributed by atoms with Gasteiger partial charge < -0.3 is 10.4 Å². The summed E-state index contributed by atoms with van der Waals surface area (Å²) in [5.41, 5.74) is 2.01. The van der Waals surface area contributed by atoms with E-state index in [4.69, 9.17) is 11.6 Å². The normalized spacial score (nSPS) is 17.2. The molecule has 0 aromatic heterocycles. The van der Waals surface area contributed by atoms with Gasteiger partial charge in [0.25, 0.3) is 0 Å². The minimum atomic E-state index is -0.624. The maximum atomic E-state index is 9.96. The Morgan fingerprint density at radius 3 is 2.57 bits per heavy atom. The second-order valence-electron chi connectivity index (χ2n) is 4.65. The van der Waals surface area contributed by atoms with Gasteiger partial charge in [-0.15, -0.1) is 0 Å². The highest BCUT2D eigenvalue weighted by Gasteiger charge is 2.20. The first kappa shape index (κ1) is 13.9. The van der Waals surface area contributed by atoms with Crippen molar-refractivity contribution in [3.63, 3.8) is 0 Å². The zero-order valence-electron chi connectivity index (χ0n) is 9.60. The Labute approximate surface area is 92.3 Å². The average molecular weight is 220 g/mol. The molecule has 2 N–H and O–H groups in total. The maximum Gasteiger partial charge on any atom is 0.0746 e. The molecule has 0 bridgehead atoms. The zero-order chi connectivity index (χ0) is 11.2. The van der Waals surface area contributed by atoms with E-state index in [0.29, 0.717) is 12.5 Å². The van der Waals surface area contributed by atoms with Crippen molar-refractivity contribution >= 4 is 11.6 Å². The molecule has 0 radical (unpaired) electrons. The monoisotopic (exact) mass is 219 g/mol. The van der Waals surface area contributed by atoms with E-state index in [2.05, 4.69) is 19.2 Å². The quantitative estimate of drug-likeness (QED) is 0.720. The van der Waals surface area contributed by atoms with Crippen LogP contribution in [0.25, 0.3) is 0 Å². The van der Waals surface area contributed by atoms with Gasteiger partial charge in [0.2, 0.25) is 0 Å². The van der Waals surface area contributed by atoms with Crippen LogP contribution >= 0.6 is 11.6 Å². The standard InChI is InChI=1S/C11H22ClNO/c1-9(2)5-11(4,14)8-13-7-10(3)6-12/h6,9,13-14H,5,7-8H2,1-4H3. The topological polar surface area (TPSA) is 32.3 Å². The molecule has 1 atom stereocenters. The molecule has 3 heteroatoms. The van der Waals surface area contributed by atoms with Gasteiger partial charge in [-0.05, 0) is 31.8 Å². The highest BCUT2D eigenvalue weighted by molar-refractivity contribution is 6.25. The molecule has 0 saturated carbocycles. The Hall–Kier alpha value is -0.0500. The van der Waals surface area contributed by atoms with Gasteiger partial charge in [-0.2, -0.15) is 0 Å². The van der Waals surface area contributed by atoms with E-state index in [1.54, 1.807) is 5.54 Å². The second-order valence-corrected chi connectivity index (χ2v) is 4.87. The van der Waals surface area contributed by atoms with Gasteiger partial charge >= 0.3 is 0 Å². The first-order chi connectivity index (χ1) is 6.37. The lowest BCUT2D eigenvalue weighted by Crippen LogP contribution is -2.39. The van der Waals surface area contributed by atoms with E-state index in [0.717, 1.165) is 18.5 Å². The maximum absolute atomic E-state index is 9.96. The summed E-state index contributed by atoms with van der Waals surface area (Å²) in [6, 6.07) is 0. The molecule has 1 unspecified atom stereocenters. The predicted octanol–water partition coefficient (Wildman–Crippen LogP) is 2.52. The smallest absolute Gasteiger partial charge is 0.0746 e. The van der Waals surface area contributed by atoms with E-state index >= 15 is 0 Å².